The summed E-state index contributed by atoms with van der Waals surface area (Å²) in [5.74, 6) is -0.492. The van der Waals surface area contributed by atoms with Crippen molar-refractivity contribution in [3.8, 4) is 0 Å². The molecule has 0 bridgehead atoms. The zero-order chi connectivity index (χ0) is 17.6. The van der Waals surface area contributed by atoms with Crippen LogP contribution in [-0.4, -0.2) is 36.3 Å². The van der Waals surface area contributed by atoms with Gasteiger partial charge in [0.2, 0.25) is 11.8 Å². The number of thiophene rings is 1. The van der Waals surface area contributed by atoms with E-state index >= 15 is 0 Å². The summed E-state index contributed by atoms with van der Waals surface area (Å²) in [6.45, 7) is 2.21. The van der Waals surface area contributed by atoms with Gasteiger partial charge in [-0.2, -0.15) is 0 Å². The molecule has 25 heavy (non-hydrogen) atoms. The number of hydrogen-bond acceptors (Lipinski definition) is 4. The molecule has 2 amide bonds. The number of rotatable bonds is 6. The number of halogens is 1. The van der Waals surface area contributed by atoms with Gasteiger partial charge in [0.1, 0.15) is 11.9 Å². The third-order valence-electron chi connectivity index (χ3n) is 4.16. The molecule has 0 spiro atoms. The first kappa shape index (κ1) is 17.6. The smallest absolute Gasteiger partial charge is 0.242 e. The van der Waals surface area contributed by atoms with Crippen LogP contribution < -0.4 is 10.6 Å². The number of carbonyl (C=O) groups is 2. The molecule has 1 aromatic carbocycles. The highest BCUT2D eigenvalue weighted by Gasteiger charge is 2.31. The minimum absolute atomic E-state index is 0.0442. The monoisotopic (exact) mass is 361 g/mol. The van der Waals surface area contributed by atoms with Crippen LogP contribution in [0.25, 0.3) is 0 Å². The molecule has 132 valence electrons. The molecule has 7 heteroatoms. The van der Waals surface area contributed by atoms with E-state index in [2.05, 4.69) is 10.6 Å². The first-order valence-corrected chi connectivity index (χ1v) is 9.08. The van der Waals surface area contributed by atoms with Crippen molar-refractivity contribution in [2.75, 3.05) is 19.6 Å². The summed E-state index contributed by atoms with van der Waals surface area (Å²) >= 11 is 1.60. The van der Waals surface area contributed by atoms with Crippen molar-refractivity contribution in [1.82, 2.24) is 15.5 Å². The van der Waals surface area contributed by atoms with E-state index in [9.17, 15) is 14.0 Å². The normalized spacial score (nSPS) is 18.0. The van der Waals surface area contributed by atoms with Gasteiger partial charge in [-0.05, 0) is 29.1 Å². The Labute approximate surface area is 149 Å². The summed E-state index contributed by atoms with van der Waals surface area (Å²) in [5, 5.41) is 7.70. The molecular formula is C18H20FN3O2S. The van der Waals surface area contributed by atoms with Crippen molar-refractivity contribution >= 4 is 23.2 Å². The van der Waals surface area contributed by atoms with E-state index in [1.54, 1.807) is 23.5 Å². The Morgan fingerprint density at radius 3 is 2.84 bits per heavy atom. The topological polar surface area (TPSA) is 61.4 Å². The van der Waals surface area contributed by atoms with Crippen LogP contribution in [0.2, 0.25) is 0 Å². The summed E-state index contributed by atoms with van der Waals surface area (Å²) < 4.78 is 13.1. The van der Waals surface area contributed by atoms with Crippen molar-refractivity contribution in [3.63, 3.8) is 0 Å². The first-order chi connectivity index (χ1) is 12.1. The molecule has 5 nitrogen and oxygen atoms in total. The molecule has 1 atom stereocenters. The van der Waals surface area contributed by atoms with E-state index in [0.29, 0.717) is 32.6 Å². The SMILES string of the molecule is O=C(CCN1CCNC(=O)C1c1ccc(F)cc1)NCc1cccs1. The molecule has 1 fully saturated rings. The van der Waals surface area contributed by atoms with Gasteiger partial charge in [-0.3, -0.25) is 14.5 Å². The Hall–Kier alpha value is -2.25. The van der Waals surface area contributed by atoms with Gasteiger partial charge >= 0.3 is 0 Å². The van der Waals surface area contributed by atoms with Crippen molar-refractivity contribution in [1.29, 1.82) is 0 Å². The van der Waals surface area contributed by atoms with Crippen LogP contribution >= 0.6 is 11.3 Å². The average Bonchev–Trinajstić information content (AvgIpc) is 3.13. The lowest BCUT2D eigenvalue weighted by atomic mass is 10.0. The van der Waals surface area contributed by atoms with Gasteiger partial charge < -0.3 is 10.6 Å². The highest BCUT2D eigenvalue weighted by molar-refractivity contribution is 7.09. The lowest BCUT2D eigenvalue weighted by molar-refractivity contribution is -0.130. The van der Waals surface area contributed by atoms with E-state index in [4.69, 9.17) is 0 Å². The molecule has 1 saturated heterocycles. The summed E-state index contributed by atoms with van der Waals surface area (Å²) in [7, 11) is 0. The molecule has 1 aliphatic heterocycles. The summed E-state index contributed by atoms with van der Waals surface area (Å²) in [4.78, 5) is 27.4. The minimum atomic E-state index is -0.487. The number of nitrogens with zero attached hydrogens (tertiary/aromatic N) is 1. The largest absolute Gasteiger partial charge is 0.353 e. The van der Waals surface area contributed by atoms with Crippen LogP contribution in [0.5, 0.6) is 0 Å². The van der Waals surface area contributed by atoms with Gasteiger partial charge in [0, 0.05) is 30.9 Å². The van der Waals surface area contributed by atoms with Crippen LogP contribution in [-0.2, 0) is 16.1 Å². The fourth-order valence-electron chi connectivity index (χ4n) is 2.89. The van der Waals surface area contributed by atoms with Crippen molar-refractivity contribution in [3.05, 3.63) is 58.0 Å². The first-order valence-electron chi connectivity index (χ1n) is 8.20. The zero-order valence-electron chi connectivity index (χ0n) is 13.7. The molecule has 2 heterocycles. The highest BCUT2D eigenvalue weighted by Crippen LogP contribution is 2.23. The van der Waals surface area contributed by atoms with E-state index < -0.39 is 6.04 Å². The van der Waals surface area contributed by atoms with E-state index in [-0.39, 0.29) is 17.6 Å². The number of hydrogen-bond donors (Lipinski definition) is 2. The van der Waals surface area contributed by atoms with Crippen LogP contribution in [0.3, 0.4) is 0 Å². The summed E-state index contributed by atoms with van der Waals surface area (Å²) in [6, 6.07) is 9.38. The summed E-state index contributed by atoms with van der Waals surface area (Å²) in [6.07, 6.45) is 0.316. The summed E-state index contributed by atoms with van der Waals surface area (Å²) in [5.41, 5.74) is 0.734. The fraction of sp³-hybridized carbons (Fsp3) is 0.333. The Bertz CT molecular complexity index is 718. The highest BCUT2D eigenvalue weighted by atomic mass is 32.1. The van der Waals surface area contributed by atoms with Gasteiger partial charge in [-0.15, -0.1) is 11.3 Å². The molecule has 2 aromatic rings. The molecule has 0 aliphatic carbocycles. The Kier molecular flexibility index (Phi) is 5.78. The fourth-order valence-corrected chi connectivity index (χ4v) is 3.54. The molecule has 1 aliphatic rings. The van der Waals surface area contributed by atoms with Crippen LogP contribution in [0.1, 0.15) is 22.9 Å². The quantitative estimate of drug-likeness (QED) is 0.828. The van der Waals surface area contributed by atoms with E-state index in [1.165, 1.54) is 12.1 Å². The molecule has 1 unspecified atom stereocenters. The molecule has 0 radical (unpaired) electrons. The predicted octanol–water partition coefficient (Wildman–Crippen LogP) is 2.07. The average molecular weight is 361 g/mol. The minimum Gasteiger partial charge on any atom is -0.353 e. The molecule has 2 N–H and O–H groups in total. The maximum absolute atomic E-state index is 13.1. The number of benzene rings is 1. The Balaban J connectivity index is 1.58. The van der Waals surface area contributed by atoms with Crippen LogP contribution in [0.4, 0.5) is 4.39 Å². The molecular weight excluding hydrogens is 341 g/mol. The maximum atomic E-state index is 13.1. The van der Waals surface area contributed by atoms with Crippen LogP contribution in [0, 0.1) is 5.82 Å². The van der Waals surface area contributed by atoms with Crippen LogP contribution in [0.15, 0.2) is 41.8 Å². The third-order valence-corrected chi connectivity index (χ3v) is 5.04. The second-order valence-electron chi connectivity index (χ2n) is 5.89. The number of nitrogens with one attached hydrogen (secondary N) is 2. The Morgan fingerprint density at radius 1 is 1.32 bits per heavy atom. The standard InChI is InChI=1S/C18H20FN3O2S/c19-14-5-3-13(4-6-14)17-18(24)20-8-10-22(17)9-7-16(23)21-12-15-2-1-11-25-15/h1-6,11,17H,7-10,12H2,(H,20,24)(H,21,23). The van der Waals surface area contributed by atoms with Gasteiger partial charge in [-0.25, -0.2) is 4.39 Å². The lowest BCUT2D eigenvalue weighted by Gasteiger charge is -2.35. The van der Waals surface area contributed by atoms with Crippen molar-refractivity contribution < 1.29 is 14.0 Å². The van der Waals surface area contributed by atoms with Crippen molar-refractivity contribution in [2.45, 2.75) is 19.0 Å². The number of amides is 2. The zero-order valence-corrected chi connectivity index (χ0v) is 14.5. The van der Waals surface area contributed by atoms with Gasteiger partial charge in [0.15, 0.2) is 0 Å². The second-order valence-corrected chi connectivity index (χ2v) is 6.92. The molecule has 1 aromatic heterocycles. The molecule has 0 saturated carbocycles. The third kappa shape index (κ3) is 4.64. The van der Waals surface area contributed by atoms with Gasteiger partial charge in [0.05, 0.1) is 6.54 Å². The van der Waals surface area contributed by atoms with E-state index in [0.717, 1.165) is 10.4 Å². The second kappa shape index (κ2) is 8.22. The Morgan fingerprint density at radius 2 is 2.12 bits per heavy atom. The molecule has 3 rings (SSSR count). The van der Waals surface area contributed by atoms with E-state index in [1.807, 2.05) is 22.4 Å². The maximum Gasteiger partial charge on any atom is 0.242 e. The van der Waals surface area contributed by atoms with Crippen molar-refractivity contribution in [2.24, 2.45) is 0 Å². The van der Waals surface area contributed by atoms with Gasteiger partial charge in [0.25, 0.3) is 0 Å². The predicted molar refractivity (Wildman–Crippen MR) is 94.5 cm³/mol. The van der Waals surface area contributed by atoms with Gasteiger partial charge in [-0.1, -0.05) is 18.2 Å². The number of piperazine rings is 1. The lowest BCUT2D eigenvalue weighted by Crippen LogP contribution is -2.50. The number of carbonyl (C=O) groups excluding carboxylic acids is 2.